The number of fused-ring (bicyclic) bond motifs is 7. The summed E-state index contributed by atoms with van der Waals surface area (Å²) < 4.78 is 13.0. The first-order chi connectivity index (χ1) is 26.3. The zero-order chi connectivity index (χ0) is 34.9. The van der Waals surface area contributed by atoms with Gasteiger partial charge in [0.2, 0.25) is 5.89 Å². The van der Waals surface area contributed by atoms with E-state index in [2.05, 4.69) is 170 Å². The Bertz CT molecular complexity index is 2950. The van der Waals surface area contributed by atoms with Crippen molar-refractivity contribution >= 4 is 33.0 Å². The molecule has 0 atom stereocenters. The molecule has 0 saturated carbocycles. The molecule has 3 nitrogen and oxygen atoms in total. The molecule has 248 valence electrons. The molecular weight excluding hydrogens is 647 g/mol. The Morgan fingerprint density at radius 3 is 1.75 bits per heavy atom. The lowest BCUT2D eigenvalue weighted by atomic mass is 9.67. The Kier molecular flexibility index (Phi) is 6.47. The average molecular weight is 678 g/mol. The Hall–Kier alpha value is -6.97. The molecule has 0 aliphatic heterocycles. The first kappa shape index (κ1) is 29.7. The van der Waals surface area contributed by atoms with E-state index in [1.165, 1.54) is 33.4 Å². The highest BCUT2D eigenvalue weighted by molar-refractivity contribution is 6.09. The molecule has 0 unspecified atom stereocenters. The number of furan rings is 1. The smallest absolute Gasteiger partial charge is 0.227 e. The molecule has 1 aliphatic carbocycles. The van der Waals surface area contributed by atoms with Crippen molar-refractivity contribution in [1.82, 2.24) is 4.98 Å². The van der Waals surface area contributed by atoms with Crippen LogP contribution in [0.25, 0.3) is 77.9 Å². The van der Waals surface area contributed by atoms with Crippen molar-refractivity contribution in [3.8, 4) is 44.8 Å². The third-order valence-electron chi connectivity index (χ3n) is 11.0. The van der Waals surface area contributed by atoms with Crippen LogP contribution < -0.4 is 0 Å². The zero-order valence-corrected chi connectivity index (χ0v) is 28.7. The van der Waals surface area contributed by atoms with Crippen molar-refractivity contribution in [2.75, 3.05) is 0 Å². The number of aromatic nitrogens is 1. The lowest BCUT2D eigenvalue weighted by Gasteiger charge is -2.34. The second-order valence-electron chi connectivity index (χ2n) is 13.8. The lowest BCUT2D eigenvalue weighted by molar-refractivity contribution is 0.621. The lowest BCUT2D eigenvalue weighted by Crippen LogP contribution is -2.28. The second-order valence-corrected chi connectivity index (χ2v) is 13.8. The molecule has 0 N–H and O–H groups in total. The van der Waals surface area contributed by atoms with Gasteiger partial charge in [0.1, 0.15) is 16.7 Å². The summed E-state index contributed by atoms with van der Waals surface area (Å²) >= 11 is 0. The number of para-hydroxylation sites is 3. The minimum absolute atomic E-state index is 0.473. The summed E-state index contributed by atoms with van der Waals surface area (Å²) in [5, 5.41) is 2.25. The van der Waals surface area contributed by atoms with Crippen molar-refractivity contribution in [3.05, 3.63) is 210 Å². The second kappa shape index (κ2) is 11.5. The Labute approximate surface area is 306 Å². The van der Waals surface area contributed by atoms with Crippen LogP contribution in [0.4, 0.5) is 0 Å². The molecule has 0 saturated heterocycles. The molecule has 0 radical (unpaired) electrons. The molecule has 11 rings (SSSR count). The van der Waals surface area contributed by atoms with E-state index in [4.69, 9.17) is 13.8 Å². The molecule has 2 heterocycles. The average Bonchev–Trinajstić information content (AvgIpc) is 3.92. The molecule has 10 aromatic rings. The van der Waals surface area contributed by atoms with E-state index >= 15 is 0 Å². The summed E-state index contributed by atoms with van der Waals surface area (Å²) in [5.41, 5.74) is 15.7. The van der Waals surface area contributed by atoms with Gasteiger partial charge >= 0.3 is 0 Å². The maximum atomic E-state index is 6.67. The molecule has 1 aliphatic rings. The molecule has 53 heavy (non-hydrogen) atoms. The molecule has 0 spiro atoms. The summed E-state index contributed by atoms with van der Waals surface area (Å²) in [4.78, 5) is 4.99. The molecule has 0 amide bonds. The summed E-state index contributed by atoms with van der Waals surface area (Å²) in [6.07, 6.45) is 0. The van der Waals surface area contributed by atoms with Crippen molar-refractivity contribution in [2.24, 2.45) is 0 Å². The van der Waals surface area contributed by atoms with Gasteiger partial charge in [0.25, 0.3) is 0 Å². The van der Waals surface area contributed by atoms with Crippen LogP contribution in [0, 0.1) is 0 Å². The first-order valence-electron chi connectivity index (χ1n) is 18.0. The molecule has 0 fully saturated rings. The number of nitrogens with zero attached hydrogens (tertiary/aromatic N) is 1. The van der Waals surface area contributed by atoms with Crippen LogP contribution in [0.15, 0.2) is 197 Å². The predicted octanol–water partition coefficient (Wildman–Crippen LogP) is 13.1. The van der Waals surface area contributed by atoms with Crippen LogP contribution >= 0.6 is 0 Å². The fraction of sp³-hybridized carbons (Fsp3) is 0.0200. The van der Waals surface area contributed by atoms with Crippen molar-refractivity contribution in [3.63, 3.8) is 0 Å². The van der Waals surface area contributed by atoms with E-state index in [-0.39, 0.29) is 0 Å². The van der Waals surface area contributed by atoms with Crippen LogP contribution in [0.5, 0.6) is 0 Å². The molecule has 3 heteroatoms. The molecule has 8 aromatic carbocycles. The van der Waals surface area contributed by atoms with Gasteiger partial charge in [-0.3, -0.25) is 0 Å². The van der Waals surface area contributed by atoms with Gasteiger partial charge in [-0.2, -0.15) is 0 Å². The van der Waals surface area contributed by atoms with E-state index in [0.717, 1.165) is 60.9 Å². The van der Waals surface area contributed by atoms with Gasteiger partial charge in [-0.25, -0.2) is 4.98 Å². The van der Waals surface area contributed by atoms with Crippen LogP contribution in [-0.4, -0.2) is 4.98 Å². The first-order valence-corrected chi connectivity index (χ1v) is 18.0. The van der Waals surface area contributed by atoms with Gasteiger partial charge in [-0.15, -0.1) is 0 Å². The summed E-state index contributed by atoms with van der Waals surface area (Å²) in [6.45, 7) is 0. The highest BCUT2D eigenvalue weighted by Crippen LogP contribution is 2.56. The van der Waals surface area contributed by atoms with E-state index in [0.29, 0.717) is 5.89 Å². The van der Waals surface area contributed by atoms with Gasteiger partial charge in [0.15, 0.2) is 5.58 Å². The molecular formula is C50H31NO2. The topological polar surface area (TPSA) is 39.2 Å². The summed E-state index contributed by atoms with van der Waals surface area (Å²) in [5.74, 6) is 0.595. The normalized spacial score (nSPS) is 13.1. The standard InChI is InChI=1S/C50H31NO2/c1-3-13-35(14-4-1)50(36-15-5-2-6-16-36)43-22-9-7-17-39(43)40-30-29-34(31-44(40)50)38-20-12-23-45-48(38)53-49(51-45)33-27-25-32(26-28-33)37-19-11-21-42-41-18-8-10-24-46(41)52-47(37)42/h1-31H. The van der Waals surface area contributed by atoms with Crippen molar-refractivity contribution in [1.29, 1.82) is 0 Å². The fourth-order valence-electron chi connectivity index (χ4n) is 8.68. The highest BCUT2D eigenvalue weighted by atomic mass is 16.3. The number of hydrogen-bond acceptors (Lipinski definition) is 3. The largest absolute Gasteiger partial charge is 0.455 e. The van der Waals surface area contributed by atoms with E-state index in [9.17, 15) is 0 Å². The van der Waals surface area contributed by atoms with E-state index in [1.807, 2.05) is 18.2 Å². The van der Waals surface area contributed by atoms with Gasteiger partial charge < -0.3 is 8.83 Å². The molecule has 0 bridgehead atoms. The van der Waals surface area contributed by atoms with Crippen molar-refractivity contribution in [2.45, 2.75) is 5.41 Å². The fourth-order valence-corrected chi connectivity index (χ4v) is 8.68. The Balaban J connectivity index is 1.03. The summed E-state index contributed by atoms with van der Waals surface area (Å²) in [7, 11) is 0. The summed E-state index contributed by atoms with van der Waals surface area (Å²) in [6, 6.07) is 66.8. The van der Waals surface area contributed by atoms with Crippen LogP contribution in [0.2, 0.25) is 0 Å². The minimum atomic E-state index is -0.473. The molecule has 2 aromatic heterocycles. The van der Waals surface area contributed by atoms with Crippen LogP contribution in [0.3, 0.4) is 0 Å². The SMILES string of the molecule is c1ccc(C2(c3ccccc3)c3ccccc3-c3ccc(-c4cccc5nc(-c6ccc(-c7cccc8c7oc7ccccc78)cc6)oc45)cc32)cc1. The third-order valence-corrected chi connectivity index (χ3v) is 11.0. The van der Waals surface area contributed by atoms with Crippen molar-refractivity contribution < 1.29 is 8.83 Å². The number of hydrogen-bond donors (Lipinski definition) is 0. The highest BCUT2D eigenvalue weighted by Gasteiger charge is 2.46. The van der Waals surface area contributed by atoms with Gasteiger partial charge in [-0.05, 0) is 74.8 Å². The quantitative estimate of drug-likeness (QED) is 0.182. The Morgan fingerprint density at radius 1 is 0.377 bits per heavy atom. The maximum absolute atomic E-state index is 6.67. The third kappa shape index (κ3) is 4.38. The Morgan fingerprint density at radius 2 is 0.962 bits per heavy atom. The number of benzene rings is 8. The number of rotatable bonds is 5. The van der Waals surface area contributed by atoms with Gasteiger partial charge in [-0.1, -0.05) is 158 Å². The van der Waals surface area contributed by atoms with E-state index in [1.54, 1.807) is 0 Å². The van der Waals surface area contributed by atoms with Crippen LogP contribution in [0.1, 0.15) is 22.3 Å². The van der Waals surface area contributed by atoms with Gasteiger partial charge in [0.05, 0.1) is 5.41 Å². The number of oxazole rings is 1. The van der Waals surface area contributed by atoms with E-state index < -0.39 is 5.41 Å². The van der Waals surface area contributed by atoms with Crippen LogP contribution in [-0.2, 0) is 5.41 Å². The maximum Gasteiger partial charge on any atom is 0.227 e. The monoisotopic (exact) mass is 677 g/mol. The van der Waals surface area contributed by atoms with Gasteiger partial charge in [0, 0.05) is 27.5 Å². The zero-order valence-electron chi connectivity index (χ0n) is 28.7. The predicted molar refractivity (Wildman–Crippen MR) is 215 cm³/mol. The minimum Gasteiger partial charge on any atom is -0.455 e.